The average Bonchev–Trinajstić information content (AvgIpc) is 2.97. The topological polar surface area (TPSA) is 153 Å². The molecule has 1 aromatic carbocycles. The van der Waals surface area contributed by atoms with E-state index in [0.29, 0.717) is 0 Å². The number of carbonyl (C=O) groups is 3. The summed E-state index contributed by atoms with van der Waals surface area (Å²) in [5, 5.41) is 35.2. The Labute approximate surface area is 137 Å². The Balaban J connectivity index is 0.000000562. The molecule has 0 aliphatic rings. The van der Waals surface area contributed by atoms with Crippen molar-refractivity contribution >= 4 is 17.9 Å². The van der Waals surface area contributed by atoms with Crippen molar-refractivity contribution in [1.29, 1.82) is 0 Å². The molecule has 21 heavy (non-hydrogen) atoms. The molecule has 0 aliphatic carbocycles. The zero-order valence-corrected chi connectivity index (χ0v) is 14.6. The molecule has 1 heterocycles. The maximum absolute atomic E-state index is 10.6. The van der Waals surface area contributed by atoms with E-state index in [1.807, 2.05) is 0 Å². The molecule has 0 saturated heterocycles. The molecule has 0 bridgehead atoms. The smallest absolute Gasteiger partial charge is 0.335 e. The van der Waals surface area contributed by atoms with Gasteiger partial charge in [-0.15, -0.1) is 0 Å². The largest absolute Gasteiger partial charge is 0.478 e. The van der Waals surface area contributed by atoms with Gasteiger partial charge in [0.2, 0.25) is 0 Å². The predicted octanol–water partition coefficient (Wildman–Crippen LogP) is 0.583. The summed E-state index contributed by atoms with van der Waals surface area (Å²) in [4.78, 5) is 31.7. The van der Waals surface area contributed by atoms with Gasteiger partial charge in [-0.3, -0.25) is 0 Å². The summed E-state index contributed by atoms with van der Waals surface area (Å²) in [5.41, 5.74) is -1.10. The number of hydrogen-bond acceptors (Lipinski definition) is 5. The number of aromatic amines is 1. The molecule has 2 rings (SSSR count). The Morgan fingerprint density at radius 1 is 0.762 bits per heavy atom. The number of H-pyrrole nitrogens is 1. The van der Waals surface area contributed by atoms with Gasteiger partial charge in [0.05, 0.1) is 29.1 Å². The summed E-state index contributed by atoms with van der Waals surface area (Å²) in [6, 6.07) is 2.70. The number of aromatic carboxylic acids is 3. The summed E-state index contributed by atoms with van der Waals surface area (Å²) in [5.74, 6) is -4.12. The van der Waals surface area contributed by atoms with Gasteiger partial charge in [-0.25, -0.2) is 14.4 Å². The molecule has 0 amide bonds. The predicted molar refractivity (Wildman–Crippen MR) is 63.7 cm³/mol. The number of hydrogen-bond donors (Lipinski definition) is 4. The molecular formula is C11H9CdN3O6. The van der Waals surface area contributed by atoms with E-state index in [1.165, 1.54) is 0 Å². The first-order valence-electron chi connectivity index (χ1n) is 5.06. The molecule has 0 saturated carbocycles. The summed E-state index contributed by atoms with van der Waals surface area (Å²) in [7, 11) is 0. The van der Waals surface area contributed by atoms with Crippen LogP contribution in [0.3, 0.4) is 0 Å². The first kappa shape index (κ1) is 18.7. The fourth-order valence-corrected chi connectivity index (χ4v) is 1.16. The van der Waals surface area contributed by atoms with E-state index in [2.05, 4.69) is 15.4 Å². The zero-order valence-electron chi connectivity index (χ0n) is 10.6. The van der Waals surface area contributed by atoms with Crippen LogP contribution < -0.4 is 0 Å². The van der Waals surface area contributed by atoms with Crippen molar-refractivity contribution in [3.05, 3.63) is 47.3 Å². The van der Waals surface area contributed by atoms with E-state index in [-0.39, 0.29) is 44.0 Å². The minimum atomic E-state index is -1.37. The van der Waals surface area contributed by atoms with Gasteiger partial charge in [0.1, 0.15) is 0 Å². The molecule has 4 N–H and O–H groups in total. The molecule has 106 valence electrons. The first-order chi connectivity index (χ1) is 9.41. The van der Waals surface area contributed by atoms with Gasteiger partial charge in [-0.2, -0.15) is 15.4 Å². The van der Waals surface area contributed by atoms with Crippen LogP contribution >= 0.6 is 0 Å². The van der Waals surface area contributed by atoms with Crippen LogP contribution in [0.1, 0.15) is 31.1 Å². The quantitative estimate of drug-likeness (QED) is 0.554. The Morgan fingerprint density at radius 2 is 1.05 bits per heavy atom. The van der Waals surface area contributed by atoms with E-state index in [4.69, 9.17) is 15.3 Å². The summed E-state index contributed by atoms with van der Waals surface area (Å²) in [6.45, 7) is 0. The SMILES string of the molecule is O=C(O)c1cc(C(=O)O)cc(C(=O)O)c1.[Cd].c1cn[nH]n1. The number of carboxylic acid groups (broad SMARTS) is 3. The van der Waals surface area contributed by atoms with Gasteiger partial charge in [0.15, 0.2) is 0 Å². The van der Waals surface area contributed by atoms with Gasteiger partial charge >= 0.3 is 17.9 Å². The van der Waals surface area contributed by atoms with E-state index in [9.17, 15) is 14.4 Å². The van der Waals surface area contributed by atoms with Crippen LogP contribution in [-0.4, -0.2) is 48.6 Å². The van der Waals surface area contributed by atoms with Gasteiger partial charge in [0, 0.05) is 27.3 Å². The molecular weight excluding hydrogens is 383 g/mol. The molecule has 0 aliphatic heterocycles. The van der Waals surface area contributed by atoms with E-state index < -0.39 is 17.9 Å². The van der Waals surface area contributed by atoms with Gasteiger partial charge in [-0.1, -0.05) is 0 Å². The van der Waals surface area contributed by atoms with Crippen molar-refractivity contribution in [2.45, 2.75) is 0 Å². The second-order valence-electron chi connectivity index (χ2n) is 3.37. The molecule has 0 fully saturated rings. The van der Waals surface area contributed by atoms with Crippen molar-refractivity contribution in [1.82, 2.24) is 15.4 Å². The Morgan fingerprint density at radius 3 is 1.19 bits per heavy atom. The Hall–Kier alpha value is -2.31. The fourth-order valence-electron chi connectivity index (χ4n) is 1.16. The van der Waals surface area contributed by atoms with Crippen LogP contribution in [0.2, 0.25) is 0 Å². The Kier molecular flexibility index (Phi) is 7.82. The first-order valence-corrected chi connectivity index (χ1v) is 5.06. The normalized spacial score (nSPS) is 8.76. The monoisotopic (exact) mass is 393 g/mol. The van der Waals surface area contributed by atoms with Crippen molar-refractivity contribution in [2.75, 3.05) is 0 Å². The second-order valence-corrected chi connectivity index (χ2v) is 3.37. The standard InChI is InChI=1S/C9H6O6.C2H3N3.Cd/c10-7(11)4-1-5(8(12)13)3-6(2-4)9(14)15;1-2-4-5-3-1;/h1-3H,(H,10,11)(H,12,13)(H,14,15);1-2H,(H,3,4,5);. The third kappa shape index (κ3) is 6.11. The summed E-state index contributed by atoms with van der Waals surface area (Å²) < 4.78 is 0. The van der Waals surface area contributed by atoms with Crippen LogP contribution in [0.5, 0.6) is 0 Å². The maximum Gasteiger partial charge on any atom is 0.335 e. The van der Waals surface area contributed by atoms with Gasteiger partial charge in [-0.05, 0) is 18.2 Å². The van der Waals surface area contributed by atoms with Crippen LogP contribution in [0.15, 0.2) is 30.6 Å². The third-order valence-corrected chi connectivity index (χ3v) is 2.01. The molecule has 2 aromatic rings. The number of aromatic nitrogens is 3. The van der Waals surface area contributed by atoms with Crippen LogP contribution in [0.25, 0.3) is 0 Å². The van der Waals surface area contributed by atoms with Gasteiger partial charge < -0.3 is 15.3 Å². The molecule has 10 heteroatoms. The molecule has 1 aromatic heterocycles. The van der Waals surface area contributed by atoms with E-state index in [1.54, 1.807) is 12.4 Å². The number of carboxylic acids is 3. The number of nitrogens with one attached hydrogen (secondary N) is 1. The number of benzene rings is 1. The summed E-state index contributed by atoms with van der Waals surface area (Å²) >= 11 is 0. The van der Waals surface area contributed by atoms with E-state index in [0.717, 1.165) is 18.2 Å². The molecule has 0 spiro atoms. The summed E-state index contributed by atoms with van der Waals surface area (Å²) in [6.07, 6.45) is 3.17. The molecule has 9 nitrogen and oxygen atoms in total. The maximum atomic E-state index is 10.6. The minimum Gasteiger partial charge on any atom is -0.478 e. The zero-order chi connectivity index (χ0) is 15.1. The van der Waals surface area contributed by atoms with Crippen LogP contribution in [-0.2, 0) is 27.3 Å². The van der Waals surface area contributed by atoms with Gasteiger partial charge in [0.25, 0.3) is 0 Å². The fraction of sp³-hybridized carbons (Fsp3) is 0. The van der Waals surface area contributed by atoms with Crippen molar-refractivity contribution in [2.24, 2.45) is 0 Å². The number of rotatable bonds is 3. The Bertz CT molecular complexity index is 533. The van der Waals surface area contributed by atoms with Crippen LogP contribution in [0, 0.1) is 0 Å². The number of nitrogens with zero attached hydrogens (tertiary/aromatic N) is 2. The third-order valence-electron chi connectivity index (χ3n) is 2.01. The van der Waals surface area contributed by atoms with Crippen molar-refractivity contribution < 1.29 is 57.0 Å². The molecule has 0 radical (unpaired) electrons. The molecule has 0 atom stereocenters. The van der Waals surface area contributed by atoms with E-state index >= 15 is 0 Å². The van der Waals surface area contributed by atoms with Crippen molar-refractivity contribution in [3.8, 4) is 0 Å². The minimum absolute atomic E-state index is 0. The second kappa shape index (κ2) is 8.78. The van der Waals surface area contributed by atoms with Crippen molar-refractivity contribution in [3.63, 3.8) is 0 Å². The molecule has 0 unspecified atom stereocenters. The van der Waals surface area contributed by atoms with Crippen LogP contribution in [0.4, 0.5) is 0 Å². The average molecular weight is 392 g/mol.